The normalized spacial score (nSPS) is 22.1. The Morgan fingerprint density at radius 3 is 2.26 bits per heavy atom. The van der Waals surface area contributed by atoms with Gasteiger partial charge < -0.3 is 14.7 Å². The smallest absolute Gasteiger partial charge is 0.165 e. The quantitative estimate of drug-likeness (QED) is 0.737. The van der Waals surface area contributed by atoms with Crippen molar-refractivity contribution in [1.29, 1.82) is 0 Å². The topological polar surface area (TPSA) is 78.9 Å². The van der Waals surface area contributed by atoms with E-state index < -0.39 is 0 Å². The van der Waals surface area contributed by atoms with Crippen LogP contribution in [0.5, 0.6) is 0 Å². The minimum Gasteiger partial charge on any atom is -0.422 e. The van der Waals surface area contributed by atoms with Crippen molar-refractivity contribution < 1.29 is 4.43 Å². The van der Waals surface area contributed by atoms with Crippen LogP contribution >= 0.6 is 0 Å². The van der Waals surface area contributed by atoms with Gasteiger partial charge in [-0.1, -0.05) is 41.5 Å². The maximum absolute atomic E-state index is 6.44. The number of nitrogens with zero attached hydrogens (tertiary/aromatic N) is 4. The van der Waals surface area contributed by atoms with Crippen LogP contribution < -0.4 is 5.73 Å². The molecule has 0 aliphatic heterocycles. The average Bonchev–Trinajstić information content (AvgIpc) is 2.97. The molecule has 7 heteroatoms. The largest absolute Gasteiger partial charge is 0.422 e. The van der Waals surface area contributed by atoms with Crippen molar-refractivity contribution in [3.05, 3.63) is 12.7 Å². The molecule has 0 saturated heterocycles. The Labute approximate surface area is 165 Å². The summed E-state index contributed by atoms with van der Waals surface area (Å²) in [5.41, 5.74) is 7.47. The summed E-state index contributed by atoms with van der Waals surface area (Å²) in [4.78, 5) is 12.9. The first-order valence-electron chi connectivity index (χ1n) is 10.2. The fraction of sp³-hybridized carbons (Fsp3) is 0.750. The van der Waals surface area contributed by atoms with Crippen molar-refractivity contribution in [2.24, 2.45) is 29.6 Å². The summed E-state index contributed by atoms with van der Waals surface area (Å²) in [5, 5.41) is 0. The van der Waals surface area contributed by atoms with E-state index in [-0.39, 0.29) is 5.60 Å². The van der Waals surface area contributed by atoms with Gasteiger partial charge in [0.15, 0.2) is 11.5 Å². The van der Waals surface area contributed by atoms with Gasteiger partial charge in [-0.25, -0.2) is 15.0 Å². The molecule has 2 N–H and O–H groups in total. The van der Waals surface area contributed by atoms with Gasteiger partial charge in [-0.15, -0.1) is 0 Å². The maximum Gasteiger partial charge on any atom is 0.165 e. The highest BCUT2D eigenvalue weighted by Crippen LogP contribution is 2.53. The molecule has 3 rings (SSSR count). The zero-order valence-corrected chi connectivity index (χ0v) is 19.8. The summed E-state index contributed by atoms with van der Waals surface area (Å²) in [7, 11) is 0.775. The Kier molecular flexibility index (Phi) is 5.63. The Morgan fingerprint density at radius 2 is 1.74 bits per heavy atom. The number of anilines is 1. The number of hydrogen-bond donors (Lipinski definition) is 1. The van der Waals surface area contributed by atoms with Gasteiger partial charge in [-0.2, -0.15) is 0 Å². The molecule has 1 fully saturated rings. The molecule has 1 unspecified atom stereocenters. The lowest BCUT2D eigenvalue weighted by Crippen LogP contribution is -2.56. The fourth-order valence-electron chi connectivity index (χ4n) is 5.77. The maximum atomic E-state index is 6.44. The minimum atomic E-state index is -0.0420. The number of nitrogen functional groups attached to an aromatic ring is 1. The second kappa shape index (κ2) is 7.51. The molecule has 0 bridgehead atoms. The summed E-state index contributed by atoms with van der Waals surface area (Å²) < 4.78 is 8.63. The molecule has 1 aliphatic carbocycles. The Morgan fingerprint density at radius 1 is 1.11 bits per heavy atom. The first-order valence-corrected chi connectivity index (χ1v) is 11.0. The van der Waals surface area contributed by atoms with E-state index in [4.69, 9.17) is 10.2 Å². The number of fused-ring (bicyclic) bond motifs is 1. The van der Waals surface area contributed by atoms with E-state index >= 15 is 0 Å². The van der Waals surface area contributed by atoms with E-state index in [1.165, 1.54) is 6.33 Å². The third-order valence-electron chi connectivity index (χ3n) is 6.84. The molecule has 1 saturated carbocycles. The van der Waals surface area contributed by atoms with E-state index in [0.717, 1.165) is 29.0 Å². The molecular weight excluding hydrogens is 354 g/mol. The summed E-state index contributed by atoms with van der Waals surface area (Å²) in [6, 6.07) is 0.432. The molecule has 2 heterocycles. The number of aromatic nitrogens is 4. The van der Waals surface area contributed by atoms with Gasteiger partial charge in [-0.05, 0) is 42.4 Å². The molecule has 1 aliphatic rings. The van der Waals surface area contributed by atoms with Crippen LogP contribution in [0.2, 0.25) is 0 Å². The van der Waals surface area contributed by atoms with Crippen LogP contribution in [0.3, 0.4) is 0 Å². The van der Waals surface area contributed by atoms with E-state index in [1.54, 1.807) is 0 Å². The summed E-state index contributed by atoms with van der Waals surface area (Å²) in [6.07, 6.45) is 5.69. The fourth-order valence-corrected chi connectivity index (χ4v) is 6.98. The van der Waals surface area contributed by atoms with Gasteiger partial charge in [0, 0.05) is 6.04 Å². The van der Waals surface area contributed by atoms with Gasteiger partial charge >= 0.3 is 0 Å². The van der Waals surface area contributed by atoms with Crippen LogP contribution in [0, 0.1) is 29.6 Å². The molecule has 2 aromatic rings. The molecule has 27 heavy (non-hydrogen) atoms. The third-order valence-corrected chi connectivity index (χ3v) is 7.54. The van der Waals surface area contributed by atoms with Crippen LogP contribution in [0.4, 0.5) is 5.82 Å². The predicted octanol–water partition coefficient (Wildman–Crippen LogP) is 2.98. The van der Waals surface area contributed by atoms with Crippen molar-refractivity contribution in [2.45, 2.75) is 66.0 Å². The Bertz CT molecular complexity index is 774. The molecule has 2 aromatic heterocycles. The average molecular weight is 390 g/mol. The Balaban J connectivity index is 1.86. The van der Waals surface area contributed by atoms with E-state index in [0.29, 0.717) is 47.0 Å². The second-order valence-electron chi connectivity index (χ2n) is 9.11. The number of nitrogens with two attached hydrogens (primary N) is 1. The Hall–Kier alpha value is -1.47. The molecular formula is C20H35N5OSi. The van der Waals surface area contributed by atoms with Crippen molar-refractivity contribution in [3.8, 4) is 0 Å². The van der Waals surface area contributed by atoms with Gasteiger partial charge in [0.2, 0.25) is 0 Å². The molecule has 0 amide bonds. The second-order valence-corrected chi connectivity index (χ2v) is 9.51. The van der Waals surface area contributed by atoms with E-state index in [9.17, 15) is 0 Å². The third kappa shape index (κ3) is 3.18. The molecule has 0 aromatic carbocycles. The van der Waals surface area contributed by atoms with Crippen LogP contribution in [0.15, 0.2) is 12.7 Å². The highest BCUT2D eigenvalue weighted by atomic mass is 28.2. The lowest BCUT2D eigenvalue weighted by atomic mass is 9.57. The first kappa shape index (κ1) is 20.3. The zero-order valence-electron chi connectivity index (χ0n) is 17.8. The van der Waals surface area contributed by atoms with Crippen molar-refractivity contribution in [2.75, 3.05) is 5.73 Å². The number of imidazole rings is 1. The summed E-state index contributed by atoms with van der Waals surface area (Å²) in [6.45, 7) is 14.0. The highest BCUT2D eigenvalue weighted by molar-refractivity contribution is 5.98. The molecule has 6 nitrogen and oxygen atoms in total. The van der Waals surface area contributed by atoms with Crippen LogP contribution in [0.1, 0.15) is 60.4 Å². The number of hydrogen-bond acceptors (Lipinski definition) is 5. The van der Waals surface area contributed by atoms with Gasteiger partial charge in [0.1, 0.15) is 22.3 Å². The van der Waals surface area contributed by atoms with Gasteiger partial charge in [0.25, 0.3) is 0 Å². The van der Waals surface area contributed by atoms with Gasteiger partial charge in [-0.3, -0.25) is 0 Å². The van der Waals surface area contributed by atoms with E-state index in [2.05, 4.69) is 61.1 Å². The van der Waals surface area contributed by atoms with Crippen LogP contribution in [-0.2, 0) is 4.43 Å². The van der Waals surface area contributed by atoms with Crippen LogP contribution in [-0.4, -0.2) is 35.6 Å². The molecule has 150 valence electrons. The summed E-state index contributed by atoms with van der Waals surface area (Å²) in [5.74, 6) is 3.27. The first-order chi connectivity index (χ1) is 12.7. The minimum absolute atomic E-state index is 0.0420. The predicted molar refractivity (Wildman–Crippen MR) is 113 cm³/mol. The van der Waals surface area contributed by atoms with Crippen molar-refractivity contribution in [1.82, 2.24) is 19.5 Å². The highest BCUT2D eigenvalue weighted by Gasteiger charge is 2.51. The van der Waals surface area contributed by atoms with E-state index in [1.807, 2.05) is 6.33 Å². The van der Waals surface area contributed by atoms with Gasteiger partial charge in [0.05, 0.1) is 11.9 Å². The molecule has 0 radical (unpaired) electrons. The zero-order chi connectivity index (χ0) is 19.9. The number of rotatable bonds is 7. The lowest BCUT2D eigenvalue weighted by molar-refractivity contribution is -0.123. The standard InChI is InChI=1S/C20H35N5OSi/c1-11(2)16(20(26-27,12(3)4)13(5)6)14-7-15(8-14)25-10-24-17-18(21)22-9-23-19(17)25/h9-16H,7-8H2,1-6,27H3,(H2,21,22,23)/t14-,15+,16?. The van der Waals surface area contributed by atoms with Crippen LogP contribution in [0.25, 0.3) is 11.2 Å². The molecule has 1 atom stereocenters. The molecule has 0 spiro atoms. The van der Waals surface area contributed by atoms with Crippen molar-refractivity contribution in [3.63, 3.8) is 0 Å². The SMILES string of the molecule is CC(C)C([C@H]1C[C@@H](n2cnc3c(N)ncnc32)C1)C(O[SiH3])(C(C)C)C(C)C. The monoisotopic (exact) mass is 389 g/mol. The summed E-state index contributed by atoms with van der Waals surface area (Å²) >= 11 is 0. The van der Waals surface area contributed by atoms with Crippen molar-refractivity contribution >= 4 is 27.5 Å². The lowest BCUT2D eigenvalue weighted by Gasteiger charge is -2.55.